The summed E-state index contributed by atoms with van der Waals surface area (Å²) in [4.78, 5) is 55.5. The summed E-state index contributed by atoms with van der Waals surface area (Å²) in [5, 5.41) is 0. The van der Waals surface area contributed by atoms with Crippen LogP contribution >= 0.6 is 22.9 Å². The van der Waals surface area contributed by atoms with Crippen molar-refractivity contribution in [1.29, 1.82) is 0 Å². The molecular weight excluding hydrogens is 549 g/mol. The van der Waals surface area contributed by atoms with Crippen molar-refractivity contribution in [1.82, 2.24) is 4.90 Å². The molecule has 2 aliphatic heterocycles. The highest BCUT2D eigenvalue weighted by molar-refractivity contribution is 7.18. The average Bonchev–Trinajstić information content (AvgIpc) is 3.47. The number of halogens is 2. The van der Waals surface area contributed by atoms with Gasteiger partial charge in [0, 0.05) is 18.7 Å². The van der Waals surface area contributed by atoms with E-state index >= 15 is 4.39 Å². The van der Waals surface area contributed by atoms with Gasteiger partial charge in [0.25, 0.3) is 11.8 Å². The van der Waals surface area contributed by atoms with Crippen LogP contribution in [0.15, 0.2) is 30.3 Å². The summed E-state index contributed by atoms with van der Waals surface area (Å²) in [7, 11) is 0. The molecule has 1 aromatic carbocycles. The van der Waals surface area contributed by atoms with E-state index in [9.17, 15) is 19.2 Å². The van der Waals surface area contributed by atoms with Gasteiger partial charge in [0.05, 0.1) is 34.6 Å². The van der Waals surface area contributed by atoms with Crippen LogP contribution in [0.3, 0.4) is 0 Å². The summed E-state index contributed by atoms with van der Waals surface area (Å²) >= 11 is 7.08. The van der Waals surface area contributed by atoms with Crippen LogP contribution < -0.4 is 9.80 Å². The van der Waals surface area contributed by atoms with Gasteiger partial charge < -0.3 is 14.4 Å². The molecule has 2 fully saturated rings. The third-order valence-corrected chi connectivity index (χ3v) is 7.89. The first kappa shape index (κ1) is 29.0. The van der Waals surface area contributed by atoms with E-state index in [1.165, 1.54) is 17.0 Å². The molecule has 3 heterocycles. The highest BCUT2D eigenvalue weighted by Crippen LogP contribution is 2.32. The van der Waals surface area contributed by atoms with Crippen molar-refractivity contribution in [2.45, 2.75) is 46.1 Å². The van der Waals surface area contributed by atoms with Gasteiger partial charge in [-0.2, -0.15) is 0 Å². The lowest BCUT2D eigenvalue weighted by atomic mass is 9.84. The summed E-state index contributed by atoms with van der Waals surface area (Å²) in [6, 6.07) is 7.28. The fraction of sp³-hybridized carbons (Fsp3) is 0.481. The Hall–Kier alpha value is -3.02. The predicted octanol–water partition coefficient (Wildman–Crippen LogP) is 5.11. The molecule has 0 spiro atoms. The summed E-state index contributed by atoms with van der Waals surface area (Å²) in [5.74, 6) is -1.90. The molecule has 0 bridgehead atoms. The third kappa shape index (κ3) is 6.77. The van der Waals surface area contributed by atoms with Crippen LogP contribution in [0, 0.1) is 11.2 Å². The molecule has 4 amide bonds. The van der Waals surface area contributed by atoms with E-state index in [-0.39, 0.29) is 49.0 Å². The second kappa shape index (κ2) is 12.0. The summed E-state index contributed by atoms with van der Waals surface area (Å²) in [5.41, 5.74) is 0.00776. The number of carbonyl (C=O) groups excluding carboxylic acids is 4. The first-order chi connectivity index (χ1) is 18.5. The normalized spacial score (nSPS) is 17.9. The lowest BCUT2D eigenvalue weighted by molar-refractivity contribution is -0.131. The van der Waals surface area contributed by atoms with E-state index in [0.29, 0.717) is 28.1 Å². The van der Waals surface area contributed by atoms with Gasteiger partial charge in [0.1, 0.15) is 18.5 Å². The van der Waals surface area contributed by atoms with Gasteiger partial charge >= 0.3 is 6.09 Å². The minimum Gasteiger partial charge on any atom is -0.442 e. The van der Waals surface area contributed by atoms with Crippen LogP contribution in [0.1, 0.15) is 49.7 Å². The smallest absolute Gasteiger partial charge is 0.414 e. The number of thiophene rings is 1. The minimum absolute atomic E-state index is 0.0229. The van der Waals surface area contributed by atoms with E-state index in [2.05, 4.69) is 0 Å². The summed E-state index contributed by atoms with van der Waals surface area (Å²) in [6.45, 7) is 6.28. The van der Waals surface area contributed by atoms with E-state index in [4.69, 9.17) is 21.1 Å². The van der Waals surface area contributed by atoms with Crippen LogP contribution in [0.2, 0.25) is 4.34 Å². The lowest BCUT2D eigenvalue weighted by Crippen LogP contribution is -2.44. The van der Waals surface area contributed by atoms with Crippen LogP contribution in [-0.2, 0) is 19.1 Å². The fourth-order valence-corrected chi connectivity index (χ4v) is 5.81. The Kier molecular flexibility index (Phi) is 8.93. The zero-order valence-electron chi connectivity index (χ0n) is 22.1. The third-order valence-electron chi connectivity index (χ3n) is 6.67. The standard InChI is InChI=1S/C27H31ClFN3O6S/c1-4-9-27(2,3)13-23(33)32(25(35)21-7-8-22(28)39-21)15-18-14-31(26(36)38-18)20-6-5-17(12-19(20)29)30-10-11-37-16-24(30)34/h5-8,12,18H,4,9-11,13-16H2,1-3H3/t18-/m1/s1. The number of cyclic esters (lactones) is 1. The van der Waals surface area contributed by atoms with E-state index in [0.717, 1.165) is 34.0 Å². The van der Waals surface area contributed by atoms with Gasteiger partial charge in [-0.25, -0.2) is 9.18 Å². The number of hydrogen-bond acceptors (Lipinski definition) is 7. The molecule has 9 nitrogen and oxygen atoms in total. The molecule has 12 heteroatoms. The number of nitrogens with zero attached hydrogens (tertiary/aromatic N) is 3. The van der Waals surface area contributed by atoms with Crippen LogP contribution in [0.4, 0.5) is 20.6 Å². The minimum atomic E-state index is -0.866. The zero-order valence-corrected chi connectivity index (χ0v) is 23.6. The molecule has 0 unspecified atom stereocenters. The molecule has 2 saturated heterocycles. The number of imide groups is 1. The molecule has 210 valence electrons. The maximum absolute atomic E-state index is 15.1. The van der Waals surface area contributed by atoms with Crippen molar-refractivity contribution in [3.63, 3.8) is 0 Å². The Morgan fingerprint density at radius 3 is 2.62 bits per heavy atom. The molecule has 0 radical (unpaired) electrons. The van der Waals surface area contributed by atoms with Gasteiger partial charge in [-0.15, -0.1) is 11.3 Å². The second-order valence-corrected chi connectivity index (χ2v) is 12.1. The molecule has 0 aliphatic carbocycles. The van der Waals surface area contributed by atoms with Gasteiger partial charge in [0.2, 0.25) is 5.91 Å². The Bertz CT molecular complexity index is 1270. The van der Waals surface area contributed by atoms with Gasteiger partial charge in [-0.3, -0.25) is 24.2 Å². The van der Waals surface area contributed by atoms with Gasteiger partial charge in [0.15, 0.2) is 0 Å². The fourth-order valence-electron chi connectivity index (χ4n) is 4.82. The second-order valence-electron chi connectivity index (χ2n) is 10.4. The SMILES string of the molecule is CCCC(C)(C)CC(=O)N(C[C@H]1CN(c2ccc(N3CCOCC3=O)cc2F)C(=O)O1)C(=O)c1ccc(Cl)s1. The predicted molar refractivity (Wildman–Crippen MR) is 146 cm³/mol. The summed E-state index contributed by atoms with van der Waals surface area (Å²) in [6.07, 6.45) is 0.151. The molecule has 39 heavy (non-hydrogen) atoms. The average molecular weight is 580 g/mol. The highest BCUT2D eigenvalue weighted by Gasteiger charge is 2.38. The van der Waals surface area contributed by atoms with Crippen LogP contribution in [0.5, 0.6) is 0 Å². The van der Waals surface area contributed by atoms with Crippen molar-refractivity contribution in [2.24, 2.45) is 5.41 Å². The molecule has 4 rings (SSSR count). The number of hydrogen-bond donors (Lipinski definition) is 0. The molecular formula is C27H31ClFN3O6S. The van der Waals surface area contributed by atoms with Gasteiger partial charge in [-0.05, 0) is 42.2 Å². The Morgan fingerprint density at radius 2 is 1.97 bits per heavy atom. The topological polar surface area (TPSA) is 96.5 Å². The Balaban J connectivity index is 1.51. The number of carbonyl (C=O) groups is 4. The molecule has 0 N–H and O–H groups in total. The van der Waals surface area contributed by atoms with Crippen molar-refractivity contribution < 1.29 is 33.0 Å². The van der Waals surface area contributed by atoms with Crippen molar-refractivity contribution >= 4 is 58.1 Å². The number of anilines is 2. The van der Waals surface area contributed by atoms with Crippen molar-refractivity contribution in [2.75, 3.05) is 42.6 Å². The van der Waals surface area contributed by atoms with Gasteiger partial charge in [-0.1, -0.05) is 38.8 Å². The summed E-state index contributed by atoms with van der Waals surface area (Å²) < 4.78 is 26.1. The molecule has 2 aromatic rings. The molecule has 1 aromatic heterocycles. The molecule has 1 atom stereocenters. The monoisotopic (exact) mass is 579 g/mol. The van der Waals surface area contributed by atoms with E-state index in [1.54, 1.807) is 18.2 Å². The van der Waals surface area contributed by atoms with Crippen molar-refractivity contribution in [3.8, 4) is 0 Å². The van der Waals surface area contributed by atoms with E-state index < -0.39 is 23.9 Å². The Labute approximate surface area is 235 Å². The number of rotatable bonds is 9. The first-order valence-corrected chi connectivity index (χ1v) is 13.9. The van der Waals surface area contributed by atoms with Crippen molar-refractivity contribution in [3.05, 3.63) is 45.4 Å². The maximum atomic E-state index is 15.1. The largest absolute Gasteiger partial charge is 0.442 e. The van der Waals surface area contributed by atoms with Crippen LogP contribution in [0.25, 0.3) is 0 Å². The first-order valence-electron chi connectivity index (χ1n) is 12.7. The molecule has 0 saturated carbocycles. The quantitative estimate of drug-likeness (QED) is 0.409. The highest BCUT2D eigenvalue weighted by atomic mass is 35.5. The number of ether oxygens (including phenoxy) is 2. The Morgan fingerprint density at radius 1 is 1.21 bits per heavy atom. The number of amides is 4. The number of morpholine rings is 1. The number of benzene rings is 1. The van der Waals surface area contributed by atoms with Crippen LogP contribution in [-0.4, -0.2) is 67.7 Å². The maximum Gasteiger partial charge on any atom is 0.414 e. The molecule has 2 aliphatic rings. The van der Waals surface area contributed by atoms with E-state index in [1.807, 2.05) is 20.8 Å². The zero-order chi connectivity index (χ0) is 28.3. The lowest BCUT2D eigenvalue weighted by Gasteiger charge is -2.28.